The van der Waals surface area contributed by atoms with E-state index in [-0.39, 0.29) is 12.7 Å². The molecule has 23 heavy (non-hydrogen) atoms. The van der Waals surface area contributed by atoms with Crippen molar-refractivity contribution in [3.63, 3.8) is 0 Å². The van der Waals surface area contributed by atoms with Gasteiger partial charge in [0.15, 0.2) is 16.3 Å². The van der Waals surface area contributed by atoms with Gasteiger partial charge >= 0.3 is 0 Å². The number of ether oxygens (including phenoxy) is 2. The van der Waals surface area contributed by atoms with Crippen LogP contribution in [0.4, 0.5) is 0 Å². The molecule has 1 aliphatic heterocycles. The first-order chi connectivity index (χ1) is 11.1. The van der Waals surface area contributed by atoms with Crippen LogP contribution in [0.3, 0.4) is 0 Å². The SMILES string of the molecule is Cn1c(=NC(=O)c2ccc(Br)cc2)sc2cc3c(cc21)OCO3. The zero-order valence-corrected chi connectivity index (χ0v) is 14.5. The summed E-state index contributed by atoms with van der Waals surface area (Å²) in [5.74, 6) is 1.18. The van der Waals surface area contributed by atoms with Crippen molar-refractivity contribution in [2.45, 2.75) is 0 Å². The second-order valence-corrected chi connectivity index (χ2v) is 6.97. The fourth-order valence-corrected chi connectivity index (χ4v) is 3.66. The molecule has 1 aliphatic rings. The third-order valence-corrected chi connectivity index (χ3v) is 5.22. The maximum absolute atomic E-state index is 12.3. The molecule has 0 saturated heterocycles. The standard InChI is InChI=1S/C16H11BrN2O3S/c1-19-11-6-12-13(22-8-21-12)7-14(11)23-16(19)18-15(20)9-2-4-10(17)5-3-9/h2-7H,8H2,1H3. The number of benzene rings is 2. The summed E-state index contributed by atoms with van der Waals surface area (Å²) in [6.07, 6.45) is 0. The van der Waals surface area contributed by atoms with Gasteiger partial charge in [0.1, 0.15) is 0 Å². The second-order valence-electron chi connectivity index (χ2n) is 5.04. The molecule has 0 atom stereocenters. The molecule has 1 aromatic heterocycles. The van der Waals surface area contributed by atoms with Gasteiger partial charge in [-0.15, -0.1) is 0 Å². The lowest BCUT2D eigenvalue weighted by Crippen LogP contribution is -2.13. The predicted octanol–water partition coefficient (Wildman–Crippen LogP) is 3.47. The summed E-state index contributed by atoms with van der Waals surface area (Å²) in [6.45, 7) is 0.246. The maximum Gasteiger partial charge on any atom is 0.279 e. The smallest absolute Gasteiger partial charge is 0.279 e. The van der Waals surface area contributed by atoms with Gasteiger partial charge in [0, 0.05) is 29.2 Å². The lowest BCUT2D eigenvalue weighted by molar-refractivity contribution is 0.0998. The molecule has 0 N–H and O–H groups in total. The first kappa shape index (κ1) is 14.5. The summed E-state index contributed by atoms with van der Waals surface area (Å²) in [5, 5.41) is 0. The molecule has 2 heterocycles. The van der Waals surface area contributed by atoms with Crippen molar-refractivity contribution < 1.29 is 14.3 Å². The Bertz CT molecular complexity index is 989. The summed E-state index contributed by atoms with van der Waals surface area (Å²) < 4.78 is 14.6. The molecule has 0 spiro atoms. The van der Waals surface area contributed by atoms with Crippen molar-refractivity contribution in [1.29, 1.82) is 0 Å². The molecule has 0 aliphatic carbocycles. The van der Waals surface area contributed by atoms with Gasteiger partial charge in [0.25, 0.3) is 5.91 Å². The highest BCUT2D eigenvalue weighted by atomic mass is 79.9. The van der Waals surface area contributed by atoms with E-state index in [1.165, 1.54) is 11.3 Å². The van der Waals surface area contributed by atoms with E-state index in [2.05, 4.69) is 20.9 Å². The van der Waals surface area contributed by atoms with Crippen LogP contribution in [0, 0.1) is 0 Å². The molecule has 0 radical (unpaired) electrons. The number of fused-ring (bicyclic) bond motifs is 2. The molecule has 3 aromatic rings. The number of carbonyl (C=O) groups is 1. The number of thiazole rings is 1. The van der Waals surface area contributed by atoms with Gasteiger partial charge in [-0.05, 0) is 24.3 Å². The van der Waals surface area contributed by atoms with E-state index in [0.717, 1.165) is 26.2 Å². The number of aryl methyl sites for hydroxylation is 1. The molecule has 4 rings (SSSR count). The Kier molecular flexibility index (Phi) is 3.46. The molecule has 0 fully saturated rings. The van der Waals surface area contributed by atoms with Crippen LogP contribution in [0.5, 0.6) is 11.5 Å². The van der Waals surface area contributed by atoms with E-state index >= 15 is 0 Å². The van der Waals surface area contributed by atoms with Gasteiger partial charge in [-0.1, -0.05) is 27.3 Å². The molecule has 0 saturated carbocycles. The third kappa shape index (κ3) is 2.55. The summed E-state index contributed by atoms with van der Waals surface area (Å²) >= 11 is 4.80. The Labute approximate surface area is 143 Å². The van der Waals surface area contributed by atoms with Crippen molar-refractivity contribution >= 4 is 43.4 Å². The lowest BCUT2D eigenvalue weighted by atomic mass is 10.2. The van der Waals surface area contributed by atoms with Crippen molar-refractivity contribution in [2.24, 2.45) is 12.0 Å². The van der Waals surface area contributed by atoms with Crippen LogP contribution in [-0.4, -0.2) is 17.3 Å². The van der Waals surface area contributed by atoms with Crippen molar-refractivity contribution in [2.75, 3.05) is 6.79 Å². The molecule has 2 aromatic carbocycles. The molecule has 0 bridgehead atoms. The number of carbonyl (C=O) groups excluding carboxylic acids is 1. The van der Waals surface area contributed by atoms with Crippen LogP contribution in [0.2, 0.25) is 0 Å². The summed E-state index contributed by atoms with van der Waals surface area (Å²) in [5.41, 5.74) is 1.52. The predicted molar refractivity (Wildman–Crippen MR) is 91.0 cm³/mol. The number of nitrogens with zero attached hydrogens (tertiary/aromatic N) is 2. The van der Waals surface area contributed by atoms with Gasteiger partial charge in [-0.3, -0.25) is 4.79 Å². The monoisotopic (exact) mass is 390 g/mol. The number of aromatic nitrogens is 1. The fourth-order valence-electron chi connectivity index (χ4n) is 2.37. The van der Waals surface area contributed by atoms with Gasteiger partial charge < -0.3 is 14.0 Å². The summed E-state index contributed by atoms with van der Waals surface area (Å²) in [7, 11) is 1.88. The Hall–Kier alpha value is -2.12. The van der Waals surface area contributed by atoms with E-state index in [4.69, 9.17) is 9.47 Å². The zero-order valence-electron chi connectivity index (χ0n) is 12.1. The molecule has 116 valence electrons. The van der Waals surface area contributed by atoms with Crippen molar-refractivity contribution in [3.8, 4) is 11.5 Å². The van der Waals surface area contributed by atoms with E-state index < -0.39 is 0 Å². The minimum atomic E-state index is -0.264. The molecule has 0 unspecified atom stereocenters. The summed E-state index contributed by atoms with van der Waals surface area (Å²) in [6, 6.07) is 11.0. The quantitative estimate of drug-likeness (QED) is 0.639. The molecular weight excluding hydrogens is 380 g/mol. The highest BCUT2D eigenvalue weighted by Crippen LogP contribution is 2.36. The second kappa shape index (κ2) is 5.50. The Morgan fingerprint density at radius 3 is 2.65 bits per heavy atom. The average Bonchev–Trinajstić information content (AvgIpc) is 3.11. The van der Waals surface area contributed by atoms with Crippen LogP contribution in [0.1, 0.15) is 10.4 Å². The van der Waals surface area contributed by atoms with Crippen molar-refractivity contribution in [3.05, 3.63) is 51.2 Å². The largest absolute Gasteiger partial charge is 0.454 e. The Balaban J connectivity index is 1.80. The van der Waals surface area contributed by atoms with Crippen molar-refractivity contribution in [1.82, 2.24) is 4.57 Å². The van der Waals surface area contributed by atoms with E-state index in [1.54, 1.807) is 12.1 Å². The topological polar surface area (TPSA) is 52.8 Å². The van der Waals surface area contributed by atoms with Crippen LogP contribution in [0.25, 0.3) is 10.2 Å². The Morgan fingerprint density at radius 2 is 1.91 bits per heavy atom. The van der Waals surface area contributed by atoms with Gasteiger partial charge in [0.2, 0.25) is 6.79 Å². The molecule has 5 nitrogen and oxygen atoms in total. The first-order valence-electron chi connectivity index (χ1n) is 6.85. The average molecular weight is 391 g/mol. The molecule has 1 amide bonds. The Morgan fingerprint density at radius 1 is 1.22 bits per heavy atom. The highest BCUT2D eigenvalue weighted by molar-refractivity contribution is 9.10. The molecular formula is C16H11BrN2O3S. The number of rotatable bonds is 1. The first-order valence-corrected chi connectivity index (χ1v) is 8.46. The minimum absolute atomic E-state index is 0.246. The van der Waals surface area contributed by atoms with Gasteiger partial charge in [-0.25, -0.2) is 0 Å². The fraction of sp³-hybridized carbons (Fsp3) is 0.125. The normalized spacial score (nSPS) is 13.7. The van der Waals surface area contributed by atoms with E-state index in [9.17, 15) is 4.79 Å². The highest BCUT2D eigenvalue weighted by Gasteiger charge is 2.17. The van der Waals surface area contributed by atoms with E-state index in [0.29, 0.717) is 10.4 Å². The number of hydrogen-bond donors (Lipinski definition) is 0. The van der Waals surface area contributed by atoms with Crippen LogP contribution in [-0.2, 0) is 7.05 Å². The number of halogens is 1. The number of hydrogen-bond acceptors (Lipinski definition) is 4. The van der Waals surface area contributed by atoms with Gasteiger partial charge in [-0.2, -0.15) is 4.99 Å². The van der Waals surface area contributed by atoms with Crippen LogP contribution in [0.15, 0.2) is 45.9 Å². The van der Waals surface area contributed by atoms with Gasteiger partial charge in [0.05, 0.1) is 10.2 Å². The lowest BCUT2D eigenvalue weighted by Gasteiger charge is -1.98. The number of amides is 1. The van der Waals surface area contributed by atoms with E-state index in [1.807, 2.05) is 35.9 Å². The third-order valence-electron chi connectivity index (χ3n) is 3.59. The summed E-state index contributed by atoms with van der Waals surface area (Å²) in [4.78, 5) is 17.2. The van der Waals surface area contributed by atoms with Crippen LogP contribution >= 0.6 is 27.3 Å². The maximum atomic E-state index is 12.3. The minimum Gasteiger partial charge on any atom is -0.454 e. The zero-order chi connectivity index (χ0) is 16.0. The van der Waals surface area contributed by atoms with Crippen LogP contribution < -0.4 is 14.3 Å². The molecule has 7 heteroatoms.